The van der Waals surface area contributed by atoms with Crippen LogP contribution in [0.15, 0.2) is 47.0 Å². The highest BCUT2D eigenvalue weighted by molar-refractivity contribution is 6.02. The highest BCUT2D eigenvalue weighted by Gasteiger charge is 2.21. The molecular weight excluding hydrogens is 356 g/mol. The van der Waals surface area contributed by atoms with E-state index in [1.54, 1.807) is 19.1 Å². The van der Waals surface area contributed by atoms with E-state index in [9.17, 15) is 4.79 Å². The van der Waals surface area contributed by atoms with Gasteiger partial charge in [-0.05, 0) is 32.0 Å². The maximum Gasteiger partial charge on any atom is 0.275 e. The highest BCUT2D eigenvalue weighted by Crippen LogP contribution is 2.19. The summed E-state index contributed by atoms with van der Waals surface area (Å²) in [4.78, 5) is 26.0. The molecule has 0 unspecified atom stereocenters. The standard InChI is InChI=1S/C20H22N6O2/c1-14-12-17(19(27)23-18-13-15(2)28-24-18)22-20(21-14)26-10-8-25(9-11-26)16-6-4-3-5-7-16/h3-7,12-13H,8-11H2,1-2H3,(H,23,24,27). The Kier molecular flexibility index (Phi) is 4.92. The number of hydrogen-bond donors (Lipinski definition) is 1. The molecule has 0 bridgehead atoms. The molecule has 3 heterocycles. The first kappa shape index (κ1) is 18.0. The van der Waals surface area contributed by atoms with Crippen molar-refractivity contribution in [2.24, 2.45) is 0 Å². The van der Waals surface area contributed by atoms with Crippen LogP contribution in [-0.4, -0.2) is 47.2 Å². The van der Waals surface area contributed by atoms with Gasteiger partial charge in [-0.15, -0.1) is 0 Å². The molecule has 3 aromatic rings. The van der Waals surface area contributed by atoms with E-state index < -0.39 is 0 Å². The lowest BCUT2D eigenvalue weighted by Gasteiger charge is -2.36. The van der Waals surface area contributed by atoms with Gasteiger partial charge in [-0.3, -0.25) is 4.79 Å². The smallest absolute Gasteiger partial charge is 0.275 e. The van der Waals surface area contributed by atoms with Crippen molar-refractivity contribution in [1.29, 1.82) is 0 Å². The molecule has 0 aliphatic carbocycles. The second-order valence-electron chi connectivity index (χ2n) is 6.78. The Morgan fingerprint density at radius 1 is 1.00 bits per heavy atom. The maximum atomic E-state index is 12.5. The summed E-state index contributed by atoms with van der Waals surface area (Å²) in [5.74, 6) is 1.25. The Morgan fingerprint density at radius 3 is 2.39 bits per heavy atom. The monoisotopic (exact) mass is 378 g/mol. The van der Waals surface area contributed by atoms with Crippen molar-refractivity contribution in [2.45, 2.75) is 13.8 Å². The fraction of sp³-hybridized carbons (Fsp3) is 0.300. The van der Waals surface area contributed by atoms with Gasteiger partial charge in [0, 0.05) is 43.6 Å². The molecule has 8 nitrogen and oxygen atoms in total. The van der Waals surface area contributed by atoms with E-state index in [-0.39, 0.29) is 5.91 Å². The largest absolute Gasteiger partial charge is 0.368 e. The Hall–Kier alpha value is -3.42. The Morgan fingerprint density at radius 2 is 1.71 bits per heavy atom. The van der Waals surface area contributed by atoms with E-state index in [4.69, 9.17) is 4.52 Å². The summed E-state index contributed by atoms with van der Waals surface area (Å²) in [6.07, 6.45) is 0. The minimum atomic E-state index is -0.331. The molecule has 1 saturated heterocycles. The number of para-hydroxylation sites is 1. The predicted octanol–water partition coefficient (Wildman–Crippen LogP) is 2.66. The molecule has 1 N–H and O–H groups in total. The molecule has 2 aromatic heterocycles. The van der Waals surface area contributed by atoms with Gasteiger partial charge in [0.05, 0.1) is 0 Å². The van der Waals surface area contributed by atoms with Gasteiger partial charge in [0.25, 0.3) is 5.91 Å². The van der Waals surface area contributed by atoms with Crippen LogP contribution < -0.4 is 15.1 Å². The first-order valence-electron chi connectivity index (χ1n) is 9.24. The van der Waals surface area contributed by atoms with Gasteiger partial charge >= 0.3 is 0 Å². The van der Waals surface area contributed by atoms with Crippen LogP contribution in [0.4, 0.5) is 17.5 Å². The summed E-state index contributed by atoms with van der Waals surface area (Å²) in [5.41, 5.74) is 2.28. The van der Waals surface area contributed by atoms with Gasteiger partial charge < -0.3 is 19.6 Å². The number of amides is 1. The van der Waals surface area contributed by atoms with E-state index in [0.717, 1.165) is 31.9 Å². The molecule has 1 aliphatic rings. The number of anilines is 3. The Bertz CT molecular complexity index is 964. The van der Waals surface area contributed by atoms with Crippen molar-refractivity contribution < 1.29 is 9.32 Å². The molecule has 28 heavy (non-hydrogen) atoms. The Balaban J connectivity index is 1.46. The molecule has 1 amide bonds. The molecular formula is C20H22N6O2. The van der Waals surface area contributed by atoms with E-state index >= 15 is 0 Å². The SMILES string of the molecule is Cc1cc(C(=O)Nc2cc(C)on2)nc(N2CCN(c3ccccc3)CC2)n1. The zero-order valence-corrected chi connectivity index (χ0v) is 15.9. The number of nitrogens with zero attached hydrogens (tertiary/aromatic N) is 5. The number of nitrogens with one attached hydrogen (secondary N) is 1. The number of benzene rings is 1. The summed E-state index contributed by atoms with van der Waals surface area (Å²) in [6, 6.07) is 13.7. The van der Waals surface area contributed by atoms with E-state index in [0.29, 0.717) is 23.2 Å². The number of aromatic nitrogens is 3. The molecule has 4 rings (SSSR count). The molecule has 1 aromatic carbocycles. The predicted molar refractivity (Wildman–Crippen MR) is 107 cm³/mol. The summed E-state index contributed by atoms with van der Waals surface area (Å²) in [7, 11) is 0. The van der Waals surface area contributed by atoms with Crippen LogP contribution in [0, 0.1) is 13.8 Å². The lowest BCUT2D eigenvalue weighted by molar-refractivity contribution is 0.102. The van der Waals surface area contributed by atoms with Crippen molar-refractivity contribution in [3.8, 4) is 0 Å². The minimum absolute atomic E-state index is 0.314. The lowest BCUT2D eigenvalue weighted by atomic mass is 10.2. The third-order valence-electron chi connectivity index (χ3n) is 4.63. The highest BCUT2D eigenvalue weighted by atomic mass is 16.5. The minimum Gasteiger partial charge on any atom is -0.368 e. The van der Waals surface area contributed by atoms with Gasteiger partial charge in [-0.2, -0.15) is 0 Å². The number of aryl methyl sites for hydroxylation is 2. The van der Waals surface area contributed by atoms with Crippen molar-refractivity contribution in [3.63, 3.8) is 0 Å². The van der Waals surface area contributed by atoms with Crippen LogP contribution in [0.1, 0.15) is 21.9 Å². The van der Waals surface area contributed by atoms with Gasteiger partial charge in [0.15, 0.2) is 5.82 Å². The summed E-state index contributed by atoms with van der Waals surface area (Å²) in [6.45, 7) is 6.97. The topological polar surface area (TPSA) is 87.4 Å². The number of hydrogen-bond acceptors (Lipinski definition) is 7. The summed E-state index contributed by atoms with van der Waals surface area (Å²) in [5, 5.41) is 6.49. The van der Waals surface area contributed by atoms with Crippen LogP contribution >= 0.6 is 0 Å². The third kappa shape index (κ3) is 3.95. The molecule has 0 saturated carbocycles. The normalized spacial score (nSPS) is 14.2. The fourth-order valence-corrected chi connectivity index (χ4v) is 3.22. The van der Waals surface area contributed by atoms with E-state index in [1.165, 1.54) is 5.69 Å². The van der Waals surface area contributed by atoms with Crippen LogP contribution in [0.5, 0.6) is 0 Å². The van der Waals surface area contributed by atoms with Crippen molar-refractivity contribution >= 4 is 23.4 Å². The van der Waals surface area contributed by atoms with Gasteiger partial charge in [0.1, 0.15) is 11.5 Å². The van der Waals surface area contributed by atoms with Gasteiger partial charge in [-0.25, -0.2) is 9.97 Å². The number of carbonyl (C=O) groups excluding carboxylic acids is 1. The summed E-state index contributed by atoms with van der Waals surface area (Å²) < 4.78 is 4.98. The van der Waals surface area contributed by atoms with Crippen molar-refractivity contribution in [3.05, 3.63) is 59.6 Å². The number of carbonyl (C=O) groups is 1. The molecule has 0 spiro atoms. The second kappa shape index (κ2) is 7.67. The molecule has 0 atom stereocenters. The zero-order valence-electron chi connectivity index (χ0n) is 15.9. The molecule has 1 fully saturated rings. The van der Waals surface area contributed by atoms with Crippen LogP contribution in [0.25, 0.3) is 0 Å². The Labute approximate surface area is 163 Å². The fourth-order valence-electron chi connectivity index (χ4n) is 3.22. The maximum absolute atomic E-state index is 12.5. The molecule has 8 heteroatoms. The number of rotatable bonds is 4. The van der Waals surface area contributed by atoms with Gasteiger partial charge in [0.2, 0.25) is 5.95 Å². The number of piperazine rings is 1. The van der Waals surface area contributed by atoms with E-state index in [2.05, 4.69) is 42.4 Å². The van der Waals surface area contributed by atoms with Crippen LogP contribution in [0.2, 0.25) is 0 Å². The second-order valence-corrected chi connectivity index (χ2v) is 6.78. The van der Waals surface area contributed by atoms with Crippen molar-refractivity contribution in [2.75, 3.05) is 41.3 Å². The molecule has 0 radical (unpaired) electrons. The zero-order chi connectivity index (χ0) is 19.5. The average Bonchev–Trinajstić information content (AvgIpc) is 3.13. The van der Waals surface area contributed by atoms with Crippen LogP contribution in [0.3, 0.4) is 0 Å². The molecule has 1 aliphatic heterocycles. The lowest BCUT2D eigenvalue weighted by Crippen LogP contribution is -2.47. The van der Waals surface area contributed by atoms with Crippen molar-refractivity contribution in [1.82, 2.24) is 15.1 Å². The van der Waals surface area contributed by atoms with Crippen LogP contribution in [-0.2, 0) is 0 Å². The first-order chi connectivity index (χ1) is 13.6. The third-order valence-corrected chi connectivity index (χ3v) is 4.63. The van der Waals surface area contributed by atoms with E-state index in [1.807, 2.05) is 25.1 Å². The first-order valence-corrected chi connectivity index (χ1v) is 9.24. The van der Waals surface area contributed by atoms with Gasteiger partial charge in [-0.1, -0.05) is 23.4 Å². The summed E-state index contributed by atoms with van der Waals surface area (Å²) >= 11 is 0. The average molecular weight is 378 g/mol. The quantitative estimate of drug-likeness (QED) is 0.747. The molecule has 144 valence electrons.